The molecule has 0 aromatic heterocycles. The summed E-state index contributed by atoms with van der Waals surface area (Å²) >= 11 is 1.02. The van der Waals surface area contributed by atoms with Gasteiger partial charge in [-0.3, -0.25) is 14.5 Å². The van der Waals surface area contributed by atoms with E-state index in [0.29, 0.717) is 11.4 Å². The molecule has 4 nitrogen and oxygen atoms in total. The van der Waals surface area contributed by atoms with Crippen molar-refractivity contribution in [3.63, 3.8) is 0 Å². The number of anilines is 1. The Labute approximate surface area is 163 Å². The van der Waals surface area contributed by atoms with Crippen molar-refractivity contribution in [1.29, 1.82) is 0 Å². The molecular weight excluding hydrogens is 356 g/mol. The Morgan fingerprint density at radius 2 is 1.78 bits per heavy atom. The largest absolute Gasteiger partial charge is 0.372 e. The topological polar surface area (TPSA) is 40.6 Å². The number of nitrogens with zero attached hydrogens (tertiary/aromatic N) is 2. The Morgan fingerprint density at radius 3 is 2.48 bits per heavy atom. The molecule has 2 amide bonds. The number of hydrogen-bond acceptors (Lipinski definition) is 4. The Balaban J connectivity index is 1.53. The summed E-state index contributed by atoms with van der Waals surface area (Å²) in [6.45, 7) is 4.59. The fourth-order valence-electron chi connectivity index (χ4n) is 3.54. The molecular formula is C22H22N2O2S. The molecule has 2 aromatic carbocycles. The Kier molecular flexibility index (Phi) is 5.03. The summed E-state index contributed by atoms with van der Waals surface area (Å²) in [4.78, 5) is 29.2. The van der Waals surface area contributed by atoms with E-state index in [1.165, 1.54) is 23.4 Å². The zero-order chi connectivity index (χ0) is 18.8. The fraction of sp³-hybridized carbons (Fsp3) is 0.273. The summed E-state index contributed by atoms with van der Waals surface area (Å²) in [5.41, 5.74) is 4.30. The van der Waals surface area contributed by atoms with E-state index < -0.39 is 0 Å². The van der Waals surface area contributed by atoms with Crippen LogP contribution in [0.5, 0.6) is 0 Å². The molecule has 0 saturated carbocycles. The first-order valence-electron chi connectivity index (χ1n) is 9.27. The van der Waals surface area contributed by atoms with E-state index in [4.69, 9.17) is 0 Å². The number of thioether (sulfide) groups is 1. The molecule has 5 heteroatoms. The van der Waals surface area contributed by atoms with E-state index in [9.17, 15) is 9.59 Å². The lowest BCUT2D eigenvalue weighted by Gasteiger charge is -2.18. The van der Waals surface area contributed by atoms with Gasteiger partial charge in [0.1, 0.15) is 0 Å². The average Bonchev–Trinajstić information content (AvgIpc) is 3.29. The van der Waals surface area contributed by atoms with Crippen molar-refractivity contribution in [2.45, 2.75) is 26.3 Å². The van der Waals surface area contributed by atoms with E-state index in [0.717, 1.165) is 41.5 Å². The van der Waals surface area contributed by atoms with Crippen LogP contribution < -0.4 is 4.90 Å². The minimum Gasteiger partial charge on any atom is -0.372 e. The summed E-state index contributed by atoms with van der Waals surface area (Å²) in [7, 11) is 0. The summed E-state index contributed by atoms with van der Waals surface area (Å²) in [5.74, 6) is -0.211. The number of amides is 2. The molecule has 0 unspecified atom stereocenters. The lowest BCUT2D eigenvalue weighted by molar-refractivity contribution is -0.123. The second-order valence-corrected chi connectivity index (χ2v) is 7.98. The number of rotatable bonds is 4. The highest BCUT2D eigenvalue weighted by Crippen LogP contribution is 2.34. The molecule has 0 radical (unpaired) electrons. The number of aryl methyl sites for hydroxylation is 1. The molecule has 0 aliphatic carbocycles. The van der Waals surface area contributed by atoms with Crippen LogP contribution in [-0.4, -0.2) is 29.1 Å². The van der Waals surface area contributed by atoms with Gasteiger partial charge in [-0.2, -0.15) is 0 Å². The number of carbonyl (C=O) groups excluding carboxylic acids is 2. The van der Waals surface area contributed by atoms with E-state index >= 15 is 0 Å². The molecule has 138 valence electrons. The predicted molar refractivity (Wildman–Crippen MR) is 111 cm³/mol. The summed E-state index contributed by atoms with van der Waals surface area (Å²) in [5, 5.41) is -0.207. The van der Waals surface area contributed by atoms with Gasteiger partial charge in [-0.15, -0.1) is 0 Å². The van der Waals surface area contributed by atoms with Crippen molar-refractivity contribution in [3.8, 4) is 0 Å². The van der Waals surface area contributed by atoms with Gasteiger partial charge in [0.05, 0.1) is 11.4 Å². The van der Waals surface area contributed by atoms with Crippen LogP contribution >= 0.6 is 11.8 Å². The van der Waals surface area contributed by atoms with Crippen LogP contribution in [0.2, 0.25) is 0 Å². The first kappa shape index (κ1) is 17.9. The van der Waals surface area contributed by atoms with Gasteiger partial charge in [-0.1, -0.05) is 36.4 Å². The van der Waals surface area contributed by atoms with E-state index in [2.05, 4.69) is 24.0 Å². The minimum atomic E-state index is -0.211. The van der Waals surface area contributed by atoms with E-state index in [1.807, 2.05) is 42.5 Å². The van der Waals surface area contributed by atoms with Gasteiger partial charge in [0.25, 0.3) is 11.1 Å². The van der Waals surface area contributed by atoms with Gasteiger partial charge < -0.3 is 4.90 Å². The van der Waals surface area contributed by atoms with Crippen LogP contribution in [0.4, 0.5) is 10.5 Å². The molecule has 4 rings (SSSR count). The molecule has 2 aliphatic heterocycles. The van der Waals surface area contributed by atoms with Crippen molar-refractivity contribution in [2.75, 3.05) is 18.0 Å². The third kappa shape index (κ3) is 3.78. The van der Waals surface area contributed by atoms with Crippen molar-refractivity contribution in [3.05, 3.63) is 70.1 Å². The maximum absolute atomic E-state index is 12.7. The average molecular weight is 378 g/mol. The lowest BCUT2D eigenvalue weighted by atomic mass is 10.1. The number of benzene rings is 2. The first-order valence-corrected chi connectivity index (χ1v) is 10.1. The lowest BCUT2D eigenvalue weighted by Crippen LogP contribution is -2.27. The predicted octanol–water partition coefficient (Wildman–Crippen LogP) is 4.83. The van der Waals surface area contributed by atoms with Gasteiger partial charge in [0, 0.05) is 18.8 Å². The van der Waals surface area contributed by atoms with Crippen LogP contribution in [0.1, 0.15) is 29.5 Å². The molecule has 2 heterocycles. The van der Waals surface area contributed by atoms with Gasteiger partial charge >= 0.3 is 0 Å². The third-order valence-corrected chi connectivity index (χ3v) is 5.98. The molecule has 2 aromatic rings. The second kappa shape index (κ2) is 7.61. The first-order chi connectivity index (χ1) is 13.1. The van der Waals surface area contributed by atoms with Gasteiger partial charge in [0.15, 0.2) is 0 Å². The highest BCUT2D eigenvalue weighted by molar-refractivity contribution is 8.18. The maximum atomic E-state index is 12.7. The highest BCUT2D eigenvalue weighted by Gasteiger charge is 2.35. The highest BCUT2D eigenvalue weighted by atomic mass is 32.2. The van der Waals surface area contributed by atoms with Crippen LogP contribution in [0.25, 0.3) is 6.08 Å². The summed E-state index contributed by atoms with van der Waals surface area (Å²) in [6, 6.07) is 15.9. The molecule has 2 fully saturated rings. The monoisotopic (exact) mass is 378 g/mol. The molecule has 0 spiro atoms. The van der Waals surface area contributed by atoms with E-state index in [-0.39, 0.29) is 11.1 Å². The molecule has 2 saturated heterocycles. The van der Waals surface area contributed by atoms with Gasteiger partial charge in [-0.05, 0) is 66.4 Å². The van der Waals surface area contributed by atoms with Gasteiger partial charge in [0.2, 0.25) is 0 Å². The zero-order valence-electron chi connectivity index (χ0n) is 15.4. The van der Waals surface area contributed by atoms with Crippen molar-refractivity contribution in [2.24, 2.45) is 0 Å². The zero-order valence-corrected chi connectivity index (χ0v) is 16.2. The number of hydrogen-bond donors (Lipinski definition) is 0. The molecule has 2 aliphatic rings. The van der Waals surface area contributed by atoms with Crippen molar-refractivity contribution >= 4 is 34.7 Å². The van der Waals surface area contributed by atoms with E-state index in [1.54, 1.807) is 0 Å². The number of imide groups is 1. The van der Waals surface area contributed by atoms with Crippen LogP contribution in [0, 0.1) is 6.92 Å². The second-order valence-electron chi connectivity index (χ2n) is 6.99. The summed E-state index contributed by atoms with van der Waals surface area (Å²) in [6.07, 6.45) is 4.34. The molecule has 0 atom stereocenters. The fourth-order valence-corrected chi connectivity index (χ4v) is 4.37. The Hall–Kier alpha value is -2.53. The van der Waals surface area contributed by atoms with Crippen molar-refractivity contribution < 1.29 is 9.59 Å². The van der Waals surface area contributed by atoms with Crippen LogP contribution in [0.15, 0.2) is 53.4 Å². The van der Waals surface area contributed by atoms with Crippen LogP contribution in [-0.2, 0) is 11.3 Å². The van der Waals surface area contributed by atoms with Crippen LogP contribution in [0.3, 0.4) is 0 Å². The Bertz CT molecular complexity index is 902. The SMILES string of the molecule is Cc1cc(N2CCCC2)ccc1/C=C1\SC(=O)N(Cc2ccccc2)C1=O. The minimum absolute atomic E-state index is 0.207. The number of carbonyl (C=O) groups is 2. The molecule has 0 N–H and O–H groups in total. The molecule has 0 bridgehead atoms. The maximum Gasteiger partial charge on any atom is 0.293 e. The third-order valence-electron chi connectivity index (χ3n) is 5.07. The normalized spacial score (nSPS) is 18.8. The molecule has 27 heavy (non-hydrogen) atoms. The quantitative estimate of drug-likeness (QED) is 0.715. The Morgan fingerprint density at radius 1 is 1.04 bits per heavy atom. The van der Waals surface area contributed by atoms with Crippen molar-refractivity contribution in [1.82, 2.24) is 4.90 Å². The standard InChI is InChI=1S/C22H22N2O2S/c1-16-13-19(23-11-5-6-12-23)10-9-18(16)14-20-21(25)24(22(26)27-20)15-17-7-3-2-4-8-17/h2-4,7-10,13-14H,5-6,11-12,15H2,1H3/b20-14-. The summed E-state index contributed by atoms with van der Waals surface area (Å²) < 4.78 is 0. The van der Waals surface area contributed by atoms with Gasteiger partial charge in [-0.25, -0.2) is 0 Å². The smallest absolute Gasteiger partial charge is 0.293 e.